The van der Waals surface area contributed by atoms with Gasteiger partial charge < -0.3 is 33.8 Å². The summed E-state index contributed by atoms with van der Waals surface area (Å²) in [6.45, 7) is 12.0. The molecular formula is C82H160O17P2. The van der Waals surface area contributed by atoms with E-state index < -0.39 is 97.5 Å². The molecule has 0 aliphatic heterocycles. The second-order valence-corrected chi connectivity index (χ2v) is 33.4. The van der Waals surface area contributed by atoms with Crippen molar-refractivity contribution in [3.8, 4) is 0 Å². The van der Waals surface area contributed by atoms with Crippen LogP contribution in [0.25, 0.3) is 0 Å². The molecule has 0 radical (unpaired) electrons. The lowest BCUT2D eigenvalue weighted by molar-refractivity contribution is -0.161. The van der Waals surface area contributed by atoms with E-state index in [0.29, 0.717) is 31.6 Å². The highest BCUT2D eigenvalue weighted by atomic mass is 31.2. The molecule has 0 aliphatic rings. The van der Waals surface area contributed by atoms with Crippen molar-refractivity contribution in [1.82, 2.24) is 0 Å². The molecule has 7 atom stereocenters. The summed E-state index contributed by atoms with van der Waals surface area (Å²) in [6, 6.07) is 0. The maximum atomic E-state index is 13.1. The van der Waals surface area contributed by atoms with Gasteiger partial charge in [-0.2, -0.15) is 0 Å². The van der Waals surface area contributed by atoms with Crippen LogP contribution < -0.4 is 0 Å². The quantitative estimate of drug-likeness (QED) is 0.0222. The minimum atomic E-state index is -4.96. The number of rotatable bonds is 80. The van der Waals surface area contributed by atoms with Gasteiger partial charge in [-0.15, -0.1) is 0 Å². The van der Waals surface area contributed by atoms with Crippen LogP contribution >= 0.6 is 15.6 Å². The summed E-state index contributed by atoms with van der Waals surface area (Å²) in [4.78, 5) is 73.1. The van der Waals surface area contributed by atoms with Crippen LogP contribution in [0.1, 0.15) is 427 Å². The number of aliphatic hydroxyl groups excluding tert-OH is 1. The number of unbranched alkanes of at least 4 members (excludes halogenated alkanes) is 46. The zero-order valence-electron chi connectivity index (χ0n) is 66.4. The van der Waals surface area contributed by atoms with Gasteiger partial charge in [0.25, 0.3) is 0 Å². The molecule has 0 amide bonds. The lowest BCUT2D eigenvalue weighted by Crippen LogP contribution is -2.30. The maximum absolute atomic E-state index is 13.1. The summed E-state index contributed by atoms with van der Waals surface area (Å²) in [5.74, 6) is 0.247. The minimum Gasteiger partial charge on any atom is -0.462 e. The Bertz CT molecular complexity index is 1960. The second-order valence-electron chi connectivity index (χ2n) is 30.5. The van der Waals surface area contributed by atoms with Gasteiger partial charge in [0.2, 0.25) is 0 Å². The molecule has 0 bridgehead atoms. The molecule has 0 spiro atoms. The van der Waals surface area contributed by atoms with Crippen molar-refractivity contribution in [3.63, 3.8) is 0 Å². The number of carbonyl (C=O) groups is 4. The first-order valence-electron chi connectivity index (χ1n) is 42.4. The third kappa shape index (κ3) is 73.4. The lowest BCUT2D eigenvalue weighted by atomic mass is 9.99. The number of ether oxygens (including phenoxy) is 4. The smallest absolute Gasteiger partial charge is 0.462 e. The third-order valence-corrected chi connectivity index (χ3v) is 21.8. The fraction of sp³-hybridized carbons (Fsp3) is 0.951. The van der Waals surface area contributed by atoms with Crippen LogP contribution in [0, 0.1) is 17.8 Å². The highest BCUT2D eigenvalue weighted by Gasteiger charge is 2.30. The van der Waals surface area contributed by atoms with E-state index in [2.05, 4.69) is 48.5 Å². The van der Waals surface area contributed by atoms with E-state index in [4.69, 9.17) is 37.0 Å². The highest BCUT2D eigenvalue weighted by molar-refractivity contribution is 7.47. The summed E-state index contributed by atoms with van der Waals surface area (Å²) in [6.07, 6.45) is 61.0. The van der Waals surface area contributed by atoms with Crippen LogP contribution in [0.3, 0.4) is 0 Å². The van der Waals surface area contributed by atoms with E-state index in [-0.39, 0.29) is 25.7 Å². The Morgan fingerprint density at radius 3 is 0.752 bits per heavy atom. The number of hydrogen-bond donors (Lipinski definition) is 3. The Balaban J connectivity index is 5.24. The molecule has 3 N–H and O–H groups in total. The molecule has 0 aromatic rings. The Labute approximate surface area is 619 Å². The molecule has 0 rings (SSSR count). The van der Waals surface area contributed by atoms with Crippen molar-refractivity contribution >= 4 is 39.5 Å². The van der Waals surface area contributed by atoms with Crippen LogP contribution in [0.15, 0.2) is 0 Å². The standard InChI is InChI=1S/C82H160O17P2/c1-8-11-12-13-14-15-16-17-18-19-20-21-22-27-30-36-43-51-58-65-81(86)98-77(69-92-79(84)63-56-49-42-35-29-26-24-23-25-28-33-40-47-54-61-74(6)9-2)71-96-100(88,89)94-67-76(83)68-95-101(90,91)97-72-78(70-93-80(85)64-57-50-45-38-39-46-53-60-73(4)5)99-82(87)66-59-52-44-37-32-31-34-41-48-55-62-75(7)10-3/h73-78,83H,8-72H2,1-7H3,(H,88,89)(H,90,91)/t74?,75?,76-,77-,78-/m1/s1. The SMILES string of the molecule is CCCCCCCCCCCCCCCCCCCCCC(=O)O[C@H](COC(=O)CCCCCCCCCCCCCCCCC(C)CC)COP(=O)(O)OC[C@@H](O)COP(=O)(O)OC[C@@H](COC(=O)CCCCCCCCCC(C)C)OC(=O)CCCCCCCCCCCCC(C)CC. The maximum Gasteiger partial charge on any atom is 0.472 e. The van der Waals surface area contributed by atoms with Gasteiger partial charge in [0, 0.05) is 25.7 Å². The Kier molecular flexibility index (Phi) is 70.9. The molecule has 0 aromatic carbocycles. The van der Waals surface area contributed by atoms with Gasteiger partial charge in [-0.25, -0.2) is 9.13 Å². The van der Waals surface area contributed by atoms with Crippen molar-refractivity contribution in [3.05, 3.63) is 0 Å². The Morgan fingerprint density at radius 2 is 0.505 bits per heavy atom. The third-order valence-electron chi connectivity index (χ3n) is 19.9. The van der Waals surface area contributed by atoms with E-state index >= 15 is 0 Å². The Hall–Kier alpha value is -1.94. The molecule has 0 saturated carbocycles. The summed E-state index contributed by atoms with van der Waals surface area (Å²) >= 11 is 0. The van der Waals surface area contributed by atoms with Crippen molar-refractivity contribution in [2.45, 2.75) is 446 Å². The van der Waals surface area contributed by atoms with E-state index in [1.807, 2.05) is 0 Å². The average Bonchev–Trinajstić information content (AvgIpc) is 0.931. The molecular weight excluding hydrogens is 1320 g/mol. The predicted octanol–water partition coefficient (Wildman–Crippen LogP) is 24.5. The topological polar surface area (TPSA) is 237 Å². The van der Waals surface area contributed by atoms with Gasteiger partial charge in [0.15, 0.2) is 12.2 Å². The minimum absolute atomic E-state index is 0.105. The van der Waals surface area contributed by atoms with E-state index in [1.165, 1.54) is 231 Å². The summed E-state index contributed by atoms with van der Waals surface area (Å²) < 4.78 is 68.7. The Morgan fingerprint density at radius 1 is 0.287 bits per heavy atom. The molecule has 101 heavy (non-hydrogen) atoms. The number of aliphatic hydroxyl groups is 1. The number of carbonyl (C=O) groups excluding carboxylic acids is 4. The summed E-state index contributed by atoms with van der Waals surface area (Å²) in [7, 11) is -9.92. The van der Waals surface area contributed by atoms with Crippen LogP contribution in [0.5, 0.6) is 0 Å². The monoisotopic (exact) mass is 1480 g/mol. The van der Waals surface area contributed by atoms with E-state index in [1.54, 1.807) is 0 Å². The zero-order valence-corrected chi connectivity index (χ0v) is 68.2. The number of hydrogen-bond acceptors (Lipinski definition) is 15. The number of phosphoric acid groups is 2. The van der Waals surface area contributed by atoms with Crippen molar-refractivity contribution in [2.24, 2.45) is 17.8 Å². The van der Waals surface area contributed by atoms with Crippen molar-refractivity contribution in [1.29, 1.82) is 0 Å². The van der Waals surface area contributed by atoms with Gasteiger partial charge in [-0.3, -0.25) is 37.3 Å². The lowest BCUT2D eigenvalue weighted by Gasteiger charge is -2.21. The van der Waals surface area contributed by atoms with Gasteiger partial charge in [0.1, 0.15) is 19.3 Å². The molecule has 600 valence electrons. The molecule has 0 fully saturated rings. The predicted molar refractivity (Wildman–Crippen MR) is 414 cm³/mol. The molecule has 17 nitrogen and oxygen atoms in total. The molecule has 0 aliphatic carbocycles. The zero-order chi connectivity index (χ0) is 74.4. The first-order valence-corrected chi connectivity index (χ1v) is 45.4. The first-order chi connectivity index (χ1) is 48.8. The molecule has 0 aromatic heterocycles. The number of phosphoric ester groups is 2. The molecule has 4 unspecified atom stereocenters. The highest BCUT2D eigenvalue weighted by Crippen LogP contribution is 2.45. The van der Waals surface area contributed by atoms with Crippen LogP contribution in [0.2, 0.25) is 0 Å². The van der Waals surface area contributed by atoms with Crippen molar-refractivity contribution in [2.75, 3.05) is 39.6 Å². The largest absolute Gasteiger partial charge is 0.472 e. The van der Waals surface area contributed by atoms with Crippen LogP contribution in [-0.2, 0) is 65.4 Å². The summed E-state index contributed by atoms with van der Waals surface area (Å²) in [5, 5.41) is 10.6. The van der Waals surface area contributed by atoms with Crippen molar-refractivity contribution < 1.29 is 80.2 Å². The fourth-order valence-corrected chi connectivity index (χ4v) is 14.2. The average molecular weight is 1480 g/mol. The second kappa shape index (κ2) is 72.3. The van der Waals surface area contributed by atoms with E-state index in [9.17, 15) is 43.2 Å². The van der Waals surface area contributed by atoms with Gasteiger partial charge in [-0.1, -0.05) is 376 Å². The van der Waals surface area contributed by atoms with Crippen LogP contribution in [-0.4, -0.2) is 96.7 Å². The number of esters is 4. The van der Waals surface area contributed by atoms with Gasteiger partial charge in [-0.05, 0) is 43.4 Å². The normalized spacial score (nSPS) is 14.5. The molecule has 19 heteroatoms. The fourth-order valence-electron chi connectivity index (χ4n) is 12.6. The van der Waals surface area contributed by atoms with Gasteiger partial charge in [0.05, 0.1) is 26.4 Å². The molecule has 0 saturated heterocycles. The first kappa shape index (κ1) is 99.1. The van der Waals surface area contributed by atoms with Gasteiger partial charge >= 0.3 is 39.5 Å². The van der Waals surface area contributed by atoms with Crippen LogP contribution in [0.4, 0.5) is 0 Å². The van der Waals surface area contributed by atoms with E-state index in [0.717, 1.165) is 108 Å². The molecule has 0 heterocycles. The summed E-state index contributed by atoms with van der Waals surface area (Å²) in [5.41, 5.74) is 0.